The normalized spacial score (nSPS) is 28.6. The van der Waals surface area contributed by atoms with Crippen LogP contribution in [-0.4, -0.2) is 23.5 Å². The Morgan fingerprint density at radius 1 is 1.10 bits per heavy atom. The monoisotopic (exact) mass is 272 g/mol. The minimum atomic E-state index is 0.273. The average Bonchev–Trinajstić information content (AvgIpc) is 3.25. The van der Waals surface area contributed by atoms with Gasteiger partial charge in [-0.05, 0) is 63.1 Å². The molecule has 2 heteroatoms. The summed E-state index contributed by atoms with van der Waals surface area (Å²) in [6.07, 6.45) is 6.44. The van der Waals surface area contributed by atoms with Crippen LogP contribution in [0.25, 0.3) is 0 Å². The van der Waals surface area contributed by atoms with Crippen LogP contribution in [-0.2, 0) is 0 Å². The van der Waals surface area contributed by atoms with Crippen molar-refractivity contribution in [2.45, 2.75) is 70.0 Å². The summed E-state index contributed by atoms with van der Waals surface area (Å²) in [7, 11) is 0. The summed E-state index contributed by atoms with van der Waals surface area (Å²) in [6.45, 7) is 5.79. The largest absolute Gasteiger partial charge is 0.326 e. The van der Waals surface area contributed by atoms with E-state index < -0.39 is 0 Å². The van der Waals surface area contributed by atoms with Gasteiger partial charge in [-0.25, -0.2) is 0 Å². The lowest BCUT2D eigenvalue weighted by Crippen LogP contribution is -2.43. The van der Waals surface area contributed by atoms with E-state index in [0.717, 1.165) is 12.3 Å². The van der Waals surface area contributed by atoms with Crippen molar-refractivity contribution in [1.29, 1.82) is 0 Å². The SMILES string of the molecule is CC(C)N1CCCCC(N)C1c1cccc(C2CC2)c1. The van der Waals surface area contributed by atoms with Crippen molar-refractivity contribution < 1.29 is 0 Å². The molecule has 1 heterocycles. The second-order valence-electron chi connectivity index (χ2n) is 6.88. The number of hydrogen-bond donors (Lipinski definition) is 1. The maximum absolute atomic E-state index is 6.54. The highest BCUT2D eigenvalue weighted by atomic mass is 15.2. The molecule has 0 spiro atoms. The van der Waals surface area contributed by atoms with Gasteiger partial charge < -0.3 is 5.73 Å². The van der Waals surface area contributed by atoms with Crippen molar-refractivity contribution in [3.63, 3.8) is 0 Å². The van der Waals surface area contributed by atoms with Gasteiger partial charge in [-0.1, -0.05) is 30.7 Å². The zero-order valence-corrected chi connectivity index (χ0v) is 12.9. The van der Waals surface area contributed by atoms with E-state index in [1.54, 1.807) is 0 Å². The first-order valence-corrected chi connectivity index (χ1v) is 8.28. The zero-order chi connectivity index (χ0) is 14.1. The predicted molar refractivity (Wildman–Crippen MR) is 84.8 cm³/mol. The lowest BCUT2D eigenvalue weighted by atomic mass is 9.93. The van der Waals surface area contributed by atoms with Gasteiger partial charge in [0.2, 0.25) is 0 Å². The second kappa shape index (κ2) is 5.87. The molecule has 1 aromatic carbocycles. The van der Waals surface area contributed by atoms with Crippen LogP contribution in [0.2, 0.25) is 0 Å². The van der Waals surface area contributed by atoms with E-state index >= 15 is 0 Å². The van der Waals surface area contributed by atoms with Crippen LogP contribution in [0, 0.1) is 0 Å². The molecule has 1 aliphatic heterocycles. The second-order valence-corrected chi connectivity index (χ2v) is 6.88. The zero-order valence-electron chi connectivity index (χ0n) is 12.9. The molecule has 2 fully saturated rings. The average molecular weight is 272 g/mol. The summed E-state index contributed by atoms with van der Waals surface area (Å²) in [5.41, 5.74) is 9.51. The Bertz CT molecular complexity index is 450. The Labute approximate surface area is 123 Å². The van der Waals surface area contributed by atoms with Crippen LogP contribution in [0.3, 0.4) is 0 Å². The molecule has 2 aliphatic rings. The molecule has 1 aromatic rings. The van der Waals surface area contributed by atoms with Gasteiger partial charge in [0.05, 0.1) is 6.04 Å². The predicted octanol–water partition coefficient (Wildman–Crippen LogP) is 3.83. The number of likely N-dealkylation sites (tertiary alicyclic amines) is 1. The Morgan fingerprint density at radius 2 is 1.85 bits per heavy atom. The van der Waals surface area contributed by atoms with Crippen molar-refractivity contribution >= 4 is 0 Å². The van der Waals surface area contributed by atoms with Crippen LogP contribution in [0.15, 0.2) is 24.3 Å². The molecule has 1 saturated heterocycles. The van der Waals surface area contributed by atoms with Crippen LogP contribution < -0.4 is 5.73 Å². The molecule has 3 rings (SSSR count). The van der Waals surface area contributed by atoms with Gasteiger partial charge in [0.1, 0.15) is 0 Å². The molecule has 0 radical (unpaired) electrons. The van der Waals surface area contributed by atoms with Crippen LogP contribution in [0.4, 0.5) is 0 Å². The van der Waals surface area contributed by atoms with Crippen LogP contribution in [0.1, 0.15) is 69.0 Å². The van der Waals surface area contributed by atoms with E-state index in [2.05, 4.69) is 43.0 Å². The topological polar surface area (TPSA) is 29.3 Å². The van der Waals surface area contributed by atoms with Gasteiger partial charge >= 0.3 is 0 Å². The third-order valence-electron chi connectivity index (χ3n) is 4.93. The van der Waals surface area contributed by atoms with E-state index in [-0.39, 0.29) is 6.04 Å². The maximum atomic E-state index is 6.54. The highest BCUT2D eigenvalue weighted by molar-refractivity contribution is 5.32. The van der Waals surface area contributed by atoms with Crippen molar-refractivity contribution in [3.05, 3.63) is 35.4 Å². The van der Waals surface area contributed by atoms with E-state index in [1.165, 1.54) is 43.4 Å². The fourth-order valence-corrected chi connectivity index (χ4v) is 3.65. The first-order valence-electron chi connectivity index (χ1n) is 8.28. The highest BCUT2D eigenvalue weighted by Gasteiger charge is 2.31. The first kappa shape index (κ1) is 14.1. The van der Waals surface area contributed by atoms with E-state index in [4.69, 9.17) is 5.73 Å². The van der Waals surface area contributed by atoms with Gasteiger partial charge in [0, 0.05) is 12.1 Å². The molecule has 2 atom stereocenters. The fourth-order valence-electron chi connectivity index (χ4n) is 3.65. The van der Waals surface area contributed by atoms with Gasteiger partial charge in [-0.15, -0.1) is 0 Å². The molecule has 0 amide bonds. The standard InChI is InChI=1S/C18H28N2/c1-13(2)20-11-4-3-8-17(19)18(20)16-7-5-6-15(12-16)14-9-10-14/h5-7,12-14,17-18H,3-4,8-11,19H2,1-2H3. The fraction of sp³-hybridized carbons (Fsp3) is 0.667. The molecule has 0 aromatic heterocycles. The summed E-state index contributed by atoms with van der Waals surface area (Å²) in [5.74, 6) is 0.824. The number of nitrogens with two attached hydrogens (primary N) is 1. The summed E-state index contributed by atoms with van der Waals surface area (Å²) in [6, 6.07) is 10.5. The number of nitrogens with zero attached hydrogens (tertiary/aromatic N) is 1. The quantitative estimate of drug-likeness (QED) is 0.906. The van der Waals surface area contributed by atoms with Gasteiger partial charge in [-0.2, -0.15) is 0 Å². The Hall–Kier alpha value is -0.860. The molecule has 1 saturated carbocycles. The minimum absolute atomic E-state index is 0.273. The molecule has 2 unspecified atom stereocenters. The summed E-state index contributed by atoms with van der Waals surface area (Å²) < 4.78 is 0. The maximum Gasteiger partial charge on any atom is 0.0501 e. The minimum Gasteiger partial charge on any atom is -0.326 e. The van der Waals surface area contributed by atoms with E-state index in [9.17, 15) is 0 Å². The molecule has 2 N–H and O–H groups in total. The highest BCUT2D eigenvalue weighted by Crippen LogP contribution is 2.41. The number of hydrogen-bond acceptors (Lipinski definition) is 2. The molecular weight excluding hydrogens is 244 g/mol. The summed E-state index contributed by atoms with van der Waals surface area (Å²) in [4.78, 5) is 2.61. The smallest absolute Gasteiger partial charge is 0.0501 e. The first-order chi connectivity index (χ1) is 9.66. The Morgan fingerprint density at radius 3 is 2.55 bits per heavy atom. The van der Waals surface area contributed by atoms with Gasteiger partial charge in [0.25, 0.3) is 0 Å². The Kier molecular flexibility index (Phi) is 4.13. The number of benzene rings is 1. The lowest BCUT2D eigenvalue weighted by molar-refractivity contribution is 0.144. The van der Waals surface area contributed by atoms with Gasteiger partial charge in [0.15, 0.2) is 0 Å². The van der Waals surface area contributed by atoms with Crippen molar-refractivity contribution in [2.75, 3.05) is 6.54 Å². The van der Waals surface area contributed by atoms with Crippen LogP contribution >= 0.6 is 0 Å². The summed E-state index contributed by atoms with van der Waals surface area (Å²) in [5, 5.41) is 0. The van der Waals surface area contributed by atoms with Gasteiger partial charge in [-0.3, -0.25) is 4.90 Å². The van der Waals surface area contributed by atoms with E-state index in [1.807, 2.05) is 0 Å². The summed E-state index contributed by atoms with van der Waals surface area (Å²) >= 11 is 0. The third kappa shape index (κ3) is 2.91. The molecule has 0 bridgehead atoms. The molecular formula is C18H28N2. The van der Waals surface area contributed by atoms with E-state index in [0.29, 0.717) is 12.1 Å². The molecule has 110 valence electrons. The molecule has 20 heavy (non-hydrogen) atoms. The molecule has 2 nitrogen and oxygen atoms in total. The van der Waals surface area contributed by atoms with Crippen LogP contribution in [0.5, 0.6) is 0 Å². The third-order valence-corrected chi connectivity index (χ3v) is 4.93. The Balaban J connectivity index is 1.91. The lowest BCUT2D eigenvalue weighted by Gasteiger charge is -2.37. The van der Waals surface area contributed by atoms with Crippen molar-refractivity contribution in [2.24, 2.45) is 5.73 Å². The van der Waals surface area contributed by atoms with Crippen molar-refractivity contribution in [1.82, 2.24) is 4.90 Å². The molecule has 1 aliphatic carbocycles. The van der Waals surface area contributed by atoms with Crippen molar-refractivity contribution in [3.8, 4) is 0 Å². The number of rotatable bonds is 3.